The molecule has 18 heavy (non-hydrogen) atoms. The van der Waals surface area contributed by atoms with Crippen LogP contribution in [-0.2, 0) is 11.2 Å². The topological polar surface area (TPSA) is 55.1 Å². The minimum absolute atomic E-state index is 0.0195. The number of carbonyl (C=O) groups is 1. The van der Waals surface area contributed by atoms with Crippen molar-refractivity contribution in [3.8, 4) is 0 Å². The summed E-state index contributed by atoms with van der Waals surface area (Å²) in [6.45, 7) is 0.624. The number of amides is 1. The van der Waals surface area contributed by atoms with Crippen LogP contribution in [0.1, 0.15) is 24.8 Å². The summed E-state index contributed by atoms with van der Waals surface area (Å²) in [5.41, 5.74) is 7.27. The molecule has 0 saturated heterocycles. The summed E-state index contributed by atoms with van der Waals surface area (Å²) in [4.78, 5) is 13.4. The molecule has 3 nitrogen and oxygen atoms in total. The van der Waals surface area contributed by atoms with Crippen LogP contribution >= 0.6 is 11.8 Å². The Labute approximate surface area is 112 Å². The van der Waals surface area contributed by atoms with Gasteiger partial charge < -0.3 is 11.1 Å². The van der Waals surface area contributed by atoms with Crippen LogP contribution < -0.4 is 11.1 Å². The fourth-order valence-corrected chi connectivity index (χ4v) is 3.73. The van der Waals surface area contributed by atoms with Crippen molar-refractivity contribution in [2.75, 3.05) is 6.54 Å². The maximum absolute atomic E-state index is 12.1. The van der Waals surface area contributed by atoms with E-state index in [9.17, 15) is 4.79 Å². The number of nitrogens with two attached hydrogens (primary N) is 1. The standard InChI is InChI=1S/C14H18N2OS/c15-14(6-3-7-14)9-16-13(17)12-8-10-4-1-2-5-11(10)18-12/h1-2,4-5,12H,3,6-9,15H2,(H,16,17). The van der Waals surface area contributed by atoms with Gasteiger partial charge in [-0.05, 0) is 37.3 Å². The molecule has 1 aromatic rings. The van der Waals surface area contributed by atoms with Gasteiger partial charge in [-0.25, -0.2) is 0 Å². The Balaban J connectivity index is 1.56. The summed E-state index contributed by atoms with van der Waals surface area (Å²) < 4.78 is 0. The van der Waals surface area contributed by atoms with Crippen molar-refractivity contribution in [1.29, 1.82) is 0 Å². The van der Waals surface area contributed by atoms with E-state index in [0.717, 1.165) is 19.3 Å². The first-order valence-electron chi connectivity index (χ1n) is 6.47. The summed E-state index contributed by atoms with van der Waals surface area (Å²) in [5.74, 6) is 0.132. The SMILES string of the molecule is NC1(CNC(=O)C2Cc3ccccc3S2)CCC1. The number of carbonyl (C=O) groups excluding carboxylic acids is 1. The van der Waals surface area contributed by atoms with E-state index in [2.05, 4.69) is 17.4 Å². The zero-order chi connectivity index (χ0) is 12.6. The van der Waals surface area contributed by atoms with E-state index >= 15 is 0 Å². The Hall–Kier alpha value is -1.00. The van der Waals surface area contributed by atoms with Gasteiger partial charge >= 0.3 is 0 Å². The molecule has 1 saturated carbocycles. The van der Waals surface area contributed by atoms with E-state index in [1.54, 1.807) is 11.8 Å². The molecule has 3 N–H and O–H groups in total. The van der Waals surface area contributed by atoms with Crippen LogP contribution in [-0.4, -0.2) is 23.2 Å². The van der Waals surface area contributed by atoms with Gasteiger partial charge in [-0.1, -0.05) is 18.2 Å². The van der Waals surface area contributed by atoms with Crippen LogP contribution in [0.15, 0.2) is 29.2 Å². The molecule has 4 heteroatoms. The average Bonchev–Trinajstić information content (AvgIpc) is 2.77. The number of fused-ring (bicyclic) bond motifs is 1. The lowest BCUT2D eigenvalue weighted by Crippen LogP contribution is -2.55. The lowest BCUT2D eigenvalue weighted by molar-refractivity contribution is -0.120. The minimum atomic E-state index is -0.133. The predicted molar refractivity (Wildman–Crippen MR) is 73.6 cm³/mol. The van der Waals surface area contributed by atoms with Gasteiger partial charge in [0.1, 0.15) is 0 Å². The number of hydrogen-bond acceptors (Lipinski definition) is 3. The van der Waals surface area contributed by atoms with Crippen molar-refractivity contribution < 1.29 is 4.79 Å². The van der Waals surface area contributed by atoms with E-state index in [1.165, 1.54) is 16.9 Å². The van der Waals surface area contributed by atoms with Gasteiger partial charge in [0.05, 0.1) is 5.25 Å². The van der Waals surface area contributed by atoms with Crippen molar-refractivity contribution >= 4 is 17.7 Å². The molecule has 3 rings (SSSR count). The van der Waals surface area contributed by atoms with Crippen LogP contribution in [0, 0.1) is 0 Å². The van der Waals surface area contributed by atoms with Crippen molar-refractivity contribution in [3.05, 3.63) is 29.8 Å². The lowest BCUT2D eigenvalue weighted by atomic mass is 9.78. The Bertz CT molecular complexity index is 446. The fourth-order valence-electron chi connectivity index (χ4n) is 2.51. The molecule has 1 fully saturated rings. The van der Waals surface area contributed by atoms with Crippen molar-refractivity contribution in [2.45, 2.75) is 41.4 Å². The third kappa shape index (κ3) is 2.27. The highest BCUT2D eigenvalue weighted by molar-refractivity contribution is 8.01. The first-order valence-corrected chi connectivity index (χ1v) is 7.35. The van der Waals surface area contributed by atoms with Gasteiger partial charge in [0.2, 0.25) is 5.91 Å². The van der Waals surface area contributed by atoms with Gasteiger partial charge in [-0.2, -0.15) is 0 Å². The highest BCUT2D eigenvalue weighted by Gasteiger charge is 2.34. The number of rotatable bonds is 3. The molecule has 1 aliphatic carbocycles. The van der Waals surface area contributed by atoms with E-state index in [0.29, 0.717) is 6.54 Å². The zero-order valence-electron chi connectivity index (χ0n) is 10.3. The molecular weight excluding hydrogens is 244 g/mol. The zero-order valence-corrected chi connectivity index (χ0v) is 11.1. The Morgan fingerprint density at radius 1 is 1.44 bits per heavy atom. The Morgan fingerprint density at radius 2 is 2.22 bits per heavy atom. The van der Waals surface area contributed by atoms with E-state index in [-0.39, 0.29) is 16.7 Å². The number of thioether (sulfide) groups is 1. The summed E-state index contributed by atoms with van der Waals surface area (Å²) >= 11 is 1.67. The highest BCUT2D eigenvalue weighted by Crippen LogP contribution is 2.37. The second kappa shape index (κ2) is 4.59. The molecule has 1 amide bonds. The van der Waals surface area contributed by atoms with Gasteiger partial charge in [-0.3, -0.25) is 4.79 Å². The molecule has 2 aliphatic rings. The highest BCUT2D eigenvalue weighted by atomic mass is 32.2. The summed E-state index contributed by atoms with van der Waals surface area (Å²) in [7, 11) is 0. The molecule has 1 aliphatic heterocycles. The second-order valence-corrected chi connectivity index (χ2v) is 6.60. The second-order valence-electron chi connectivity index (χ2n) is 5.35. The van der Waals surface area contributed by atoms with Crippen LogP contribution in [0.3, 0.4) is 0 Å². The molecule has 1 atom stereocenters. The van der Waals surface area contributed by atoms with Gasteiger partial charge in [0.25, 0.3) is 0 Å². The third-order valence-electron chi connectivity index (χ3n) is 3.90. The normalized spacial score (nSPS) is 24.2. The number of benzene rings is 1. The molecular formula is C14H18N2OS. The maximum Gasteiger partial charge on any atom is 0.233 e. The smallest absolute Gasteiger partial charge is 0.233 e. The predicted octanol–water partition coefficient (Wildman–Crippen LogP) is 1.70. The molecule has 1 unspecified atom stereocenters. The number of nitrogens with one attached hydrogen (secondary N) is 1. The van der Waals surface area contributed by atoms with Crippen LogP contribution in [0.2, 0.25) is 0 Å². The first-order chi connectivity index (χ1) is 8.66. The Kier molecular flexibility index (Phi) is 3.08. The van der Waals surface area contributed by atoms with E-state index < -0.39 is 0 Å². The summed E-state index contributed by atoms with van der Waals surface area (Å²) in [6, 6.07) is 8.24. The largest absolute Gasteiger partial charge is 0.353 e. The van der Waals surface area contributed by atoms with Gasteiger partial charge in [0.15, 0.2) is 0 Å². The molecule has 0 bridgehead atoms. The number of hydrogen-bond donors (Lipinski definition) is 2. The summed E-state index contributed by atoms with van der Waals surface area (Å²) in [6.07, 6.45) is 4.09. The molecule has 1 aromatic carbocycles. The molecule has 96 valence electrons. The molecule has 0 aromatic heterocycles. The van der Waals surface area contributed by atoms with Crippen molar-refractivity contribution in [3.63, 3.8) is 0 Å². The minimum Gasteiger partial charge on any atom is -0.353 e. The van der Waals surface area contributed by atoms with Gasteiger partial charge in [-0.15, -0.1) is 11.8 Å². The van der Waals surface area contributed by atoms with E-state index in [4.69, 9.17) is 5.73 Å². The quantitative estimate of drug-likeness (QED) is 0.872. The summed E-state index contributed by atoms with van der Waals surface area (Å²) in [5, 5.41) is 3.04. The molecule has 1 heterocycles. The first kappa shape index (κ1) is 12.1. The molecule has 0 spiro atoms. The van der Waals surface area contributed by atoms with Gasteiger partial charge in [0, 0.05) is 17.0 Å². The van der Waals surface area contributed by atoms with Crippen LogP contribution in [0.5, 0.6) is 0 Å². The molecule has 0 radical (unpaired) electrons. The van der Waals surface area contributed by atoms with Crippen LogP contribution in [0.25, 0.3) is 0 Å². The monoisotopic (exact) mass is 262 g/mol. The van der Waals surface area contributed by atoms with E-state index in [1.807, 2.05) is 12.1 Å². The third-order valence-corrected chi connectivity index (χ3v) is 5.22. The van der Waals surface area contributed by atoms with Crippen LogP contribution in [0.4, 0.5) is 0 Å². The Morgan fingerprint density at radius 3 is 2.89 bits per heavy atom. The average molecular weight is 262 g/mol. The maximum atomic E-state index is 12.1. The fraction of sp³-hybridized carbons (Fsp3) is 0.500. The van der Waals surface area contributed by atoms with Crippen molar-refractivity contribution in [2.24, 2.45) is 5.73 Å². The van der Waals surface area contributed by atoms with Crippen molar-refractivity contribution in [1.82, 2.24) is 5.32 Å². The lowest BCUT2D eigenvalue weighted by Gasteiger charge is -2.38.